The van der Waals surface area contributed by atoms with Crippen LogP contribution in [0.3, 0.4) is 0 Å². The number of allylic oxidation sites excluding steroid dienone is 5. The third kappa shape index (κ3) is 7.43. The first kappa shape index (κ1) is 31.2. The van der Waals surface area contributed by atoms with E-state index in [1.54, 1.807) is 6.33 Å². The summed E-state index contributed by atoms with van der Waals surface area (Å²) in [6.07, 6.45) is 7.87. The molecule has 0 N–H and O–H groups in total. The fraction of sp³-hybridized carbons (Fsp3) is 0.0217. The molecule has 49 heavy (non-hydrogen) atoms. The highest BCUT2D eigenvalue weighted by Crippen LogP contribution is 2.34. The standard InChI is InChI=1S/C46H35N3/c1-33(35-17-6-3-7-18-35)15-12-16-34(2)38-23-13-24-39(27-38)40-25-14-26-41(28-40)43-29-42(36-19-8-4-9-20-36)30-44(31-43)46-48-32-47-45(49-46)37-21-10-5-11-22-37/h3-32H,1H2,2H3/b15-12-,34-16+. The lowest BCUT2D eigenvalue weighted by Gasteiger charge is -2.12. The van der Waals surface area contributed by atoms with Crippen LogP contribution in [0.25, 0.3) is 67.3 Å². The normalized spacial score (nSPS) is 11.5. The van der Waals surface area contributed by atoms with E-state index >= 15 is 0 Å². The van der Waals surface area contributed by atoms with Crippen LogP contribution >= 0.6 is 0 Å². The van der Waals surface area contributed by atoms with Crippen molar-refractivity contribution in [2.24, 2.45) is 0 Å². The fourth-order valence-corrected chi connectivity index (χ4v) is 5.86. The maximum Gasteiger partial charge on any atom is 0.163 e. The molecule has 7 rings (SSSR count). The molecule has 0 saturated carbocycles. The van der Waals surface area contributed by atoms with Gasteiger partial charge >= 0.3 is 0 Å². The Morgan fingerprint density at radius 2 is 0.939 bits per heavy atom. The topological polar surface area (TPSA) is 38.7 Å². The smallest absolute Gasteiger partial charge is 0.163 e. The molecule has 7 aromatic rings. The van der Waals surface area contributed by atoms with Crippen molar-refractivity contribution in [3.05, 3.63) is 200 Å². The van der Waals surface area contributed by atoms with Crippen LogP contribution in [0, 0.1) is 0 Å². The molecule has 0 amide bonds. The maximum atomic E-state index is 4.88. The van der Waals surface area contributed by atoms with Gasteiger partial charge in [0, 0.05) is 11.1 Å². The molecule has 3 heteroatoms. The molecule has 6 aromatic carbocycles. The molecule has 1 heterocycles. The van der Waals surface area contributed by atoms with Gasteiger partial charge in [0.1, 0.15) is 6.33 Å². The SMILES string of the molecule is C=C(/C=C\C=C(/C)c1cccc(-c2cccc(-c3cc(-c4ccccc4)cc(-c4ncnc(-c5ccccc5)n4)c3)c2)c1)c1ccccc1. The summed E-state index contributed by atoms with van der Waals surface area (Å²) in [7, 11) is 0. The number of benzene rings is 6. The lowest BCUT2D eigenvalue weighted by molar-refractivity contribution is 1.07. The largest absolute Gasteiger partial charge is 0.217 e. The number of rotatable bonds is 9. The van der Waals surface area contributed by atoms with Crippen molar-refractivity contribution in [2.75, 3.05) is 0 Å². The lowest BCUT2D eigenvalue weighted by atomic mass is 9.93. The van der Waals surface area contributed by atoms with Gasteiger partial charge in [0.15, 0.2) is 11.6 Å². The number of aromatic nitrogens is 3. The Morgan fingerprint density at radius 1 is 0.469 bits per heavy atom. The van der Waals surface area contributed by atoms with E-state index in [9.17, 15) is 0 Å². The Morgan fingerprint density at radius 3 is 1.63 bits per heavy atom. The highest BCUT2D eigenvalue weighted by molar-refractivity contribution is 5.82. The predicted octanol–water partition coefficient (Wildman–Crippen LogP) is 11.9. The van der Waals surface area contributed by atoms with Crippen LogP contribution in [0.2, 0.25) is 0 Å². The minimum Gasteiger partial charge on any atom is -0.217 e. The van der Waals surface area contributed by atoms with Gasteiger partial charge < -0.3 is 0 Å². The second kappa shape index (κ2) is 14.5. The first-order valence-electron chi connectivity index (χ1n) is 16.4. The van der Waals surface area contributed by atoms with Crippen LogP contribution in [-0.4, -0.2) is 15.0 Å². The molecule has 0 aliphatic heterocycles. The van der Waals surface area contributed by atoms with Crippen molar-refractivity contribution in [3.63, 3.8) is 0 Å². The number of nitrogens with zero attached hydrogens (tertiary/aromatic N) is 3. The Labute approximate surface area is 288 Å². The Hall–Kier alpha value is -6.45. The first-order valence-corrected chi connectivity index (χ1v) is 16.4. The minimum absolute atomic E-state index is 0.639. The average Bonchev–Trinajstić information content (AvgIpc) is 3.19. The van der Waals surface area contributed by atoms with E-state index in [1.165, 1.54) is 11.1 Å². The molecule has 0 radical (unpaired) electrons. The summed E-state index contributed by atoms with van der Waals surface area (Å²) in [6.45, 7) is 6.36. The Bertz CT molecular complexity index is 2290. The molecular formula is C46H35N3. The molecule has 0 fully saturated rings. The van der Waals surface area contributed by atoms with Crippen LogP contribution in [0.15, 0.2) is 189 Å². The van der Waals surface area contributed by atoms with E-state index in [-0.39, 0.29) is 0 Å². The summed E-state index contributed by atoms with van der Waals surface area (Å²) < 4.78 is 0. The van der Waals surface area contributed by atoms with Gasteiger partial charge in [0.05, 0.1) is 0 Å². The molecule has 1 aromatic heterocycles. The number of hydrogen-bond acceptors (Lipinski definition) is 3. The Kier molecular flexibility index (Phi) is 9.25. The molecule has 0 aliphatic carbocycles. The third-order valence-electron chi connectivity index (χ3n) is 8.54. The van der Waals surface area contributed by atoms with Crippen LogP contribution in [0.1, 0.15) is 18.1 Å². The zero-order valence-corrected chi connectivity index (χ0v) is 27.4. The monoisotopic (exact) mass is 629 g/mol. The summed E-state index contributed by atoms with van der Waals surface area (Å²) >= 11 is 0. The second-order valence-corrected chi connectivity index (χ2v) is 11.9. The van der Waals surface area contributed by atoms with Gasteiger partial charge in [-0.15, -0.1) is 0 Å². The van der Waals surface area contributed by atoms with Gasteiger partial charge in [-0.2, -0.15) is 0 Å². The summed E-state index contributed by atoms with van der Waals surface area (Å²) in [5.74, 6) is 1.29. The van der Waals surface area contributed by atoms with E-state index in [2.05, 4.69) is 145 Å². The van der Waals surface area contributed by atoms with Crippen molar-refractivity contribution in [1.29, 1.82) is 0 Å². The first-order chi connectivity index (χ1) is 24.1. The molecule has 0 aliphatic rings. The van der Waals surface area contributed by atoms with E-state index in [1.807, 2.05) is 54.6 Å². The molecule has 0 spiro atoms. The average molecular weight is 630 g/mol. The number of hydrogen-bond donors (Lipinski definition) is 0. The molecular weight excluding hydrogens is 595 g/mol. The fourth-order valence-electron chi connectivity index (χ4n) is 5.86. The van der Waals surface area contributed by atoms with Gasteiger partial charge in [-0.3, -0.25) is 0 Å². The third-order valence-corrected chi connectivity index (χ3v) is 8.54. The maximum absolute atomic E-state index is 4.88. The van der Waals surface area contributed by atoms with E-state index in [0.717, 1.165) is 55.6 Å². The van der Waals surface area contributed by atoms with Crippen molar-refractivity contribution in [2.45, 2.75) is 6.92 Å². The predicted molar refractivity (Wildman–Crippen MR) is 205 cm³/mol. The van der Waals surface area contributed by atoms with Gasteiger partial charge in [-0.25, -0.2) is 15.0 Å². The Balaban J connectivity index is 1.22. The molecule has 0 unspecified atom stereocenters. The summed E-state index contributed by atoms with van der Waals surface area (Å²) in [5, 5.41) is 0. The van der Waals surface area contributed by atoms with Crippen LogP contribution in [-0.2, 0) is 0 Å². The van der Waals surface area contributed by atoms with Crippen LogP contribution in [0.5, 0.6) is 0 Å². The molecule has 0 bridgehead atoms. The van der Waals surface area contributed by atoms with Crippen molar-refractivity contribution in [1.82, 2.24) is 15.0 Å². The van der Waals surface area contributed by atoms with E-state index < -0.39 is 0 Å². The second-order valence-electron chi connectivity index (χ2n) is 11.9. The zero-order valence-electron chi connectivity index (χ0n) is 27.4. The van der Waals surface area contributed by atoms with Gasteiger partial charge in [0.2, 0.25) is 0 Å². The zero-order chi connectivity index (χ0) is 33.4. The molecule has 0 atom stereocenters. The van der Waals surface area contributed by atoms with Crippen molar-refractivity contribution in [3.8, 4) is 56.2 Å². The van der Waals surface area contributed by atoms with Crippen molar-refractivity contribution < 1.29 is 0 Å². The molecule has 234 valence electrons. The van der Waals surface area contributed by atoms with Gasteiger partial charge in [0.25, 0.3) is 0 Å². The van der Waals surface area contributed by atoms with Crippen LogP contribution in [0.4, 0.5) is 0 Å². The van der Waals surface area contributed by atoms with Crippen LogP contribution < -0.4 is 0 Å². The highest BCUT2D eigenvalue weighted by atomic mass is 15.0. The summed E-state index contributed by atoms with van der Waals surface area (Å²) in [6, 6.07) is 54.7. The summed E-state index contributed by atoms with van der Waals surface area (Å²) in [4.78, 5) is 14.0. The molecule has 3 nitrogen and oxygen atoms in total. The van der Waals surface area contributed by atoms with Gasteiger partial charge in [-0.1, -0.05) is 152 Å². The van der Waals surface area contributed by atoms with E-state index in [4.69, 9.17) is 4.98 Å². The summed E-state index contributed by atoms with van der Waals surface area (Å²) in [5.41, 5.74) is 13.1. The minimum atomic E-state index is 0.639. The van der Waals surface area contributed by atoms with Crippen molar-refractivity contribution >= 4 is 11.1 Å². The molecule has 0 saturated heterocycles. The quantitative estimate of drug-likeness (QED) is 0.149. The lowest BCUT2D eigenvalue weighted by Crippen LogP contribution is -1.96. The highest BCUT2D eigenvalue weighted by Gasteiger charge is 2.12. The van der Waals surface area contributed by atoms with E-state index in [0.29, 0.717) is 11.6 Å². The van der Waals surface area contributed by atoms with Gasteiger partial charge in [-0.05, 0) is 92.9 Å².